The highest BCUT2D eigenvalue weighted by atomic mass is 79.9. The molecule has 3 saturated carbocycles. The molecule has 0 unspecified atom stereocenters. The minimum absolute atomic E-state index is 0.120. The average molecular weight is 430 g/mol. The molecule has 0 saturated heterocycles. The molecule has 0 N–H and O–H groups in total. The van der Waals surface area contributed by atoms with Crippen LogP contribution in [0.25, 0.3) is 0 Å². The summed E-state index contributed by atoms with van der Waals surface area (Å²) in [5.41, 5.74) is 2.05. The summed E-state index contributed by atoms with van der Waals surface area (Å²) in [6.07, 6.45) is 12.5. The largest absolute Gasteiger partial charge is 0.297 e. The Labute approximate surface area is 150 Å². The molecule has 3 fully saturated rings. The first-order chi connectivity index (χ1) is 10.3. The van der Waals surface area contributed by atoms with Crippen molar-refractivity contribution < 1.29 is 4.79 Å². The molecule has 0 aromatic heterocycles. The molecular weight excluding hydrogens is 404 g/mol. The molecule has 0 amide bonds. The Morgan fingerprint density at radius 1 is 1.09 bits per heavy atom. The van der Waals surface area contributed by atoms with E-state index in [9.17, 15) is 4.79 Å². The summed E-state index contributed by atoms with van der Waals surface area (Å²) in [4.78, 5) is 12.9. The number of Topliss-reactive ketones (excluding diaryl/α,β-unsaturated/α-hetero) is 1. The number of carbonyl (C=O) groups is 1. The highest BCUT2D eigenvalue weighted by molar-refractivity contribution is 9.26. The minimum Gasteiger partial charge on any atom is -0.297 e. The Morgan fingerprint density at radius 3 is 2.64 bits per heavy atom. The van der Waals surface area contributed by atoms with Crippen molar-refractivity contribution in [3.05, 3.63) is 11.6 Å². The molecule has 3 heteroatoms. The van der Waals surface area contributed by atoms with Crippen LogP contribution in [-0.2, 0) is 4.79 Å². The van der Waals surface area contributed by atoms with Crippen LogP contribution >= 0.6 is 31.9 Å². The maximum atomic E-state index is 12.9. The van der Waals surface area contributed by atoms with Gasteiger partial charge in [0.05, 0.1) is 0 Å². The lowest BCUT2D eigenvalue weighted by atomic mass is 9.48. The Hall–Kier alpha value is 0.370. The zero-order valence-corrected chi connectivity index (χ0v) is 16.8. The number of rotatable bonds is 0. The van der Waals surface area contributed by atoms with Gasteiger partial charge >= 0.3 is 0 Å². The lowest BCUT2D eigenvalue weighted by Gasteiger charge is -2.56. The Balaban J connectivity index is 1.73. The summed E-state index contributed by atoms with van der Waals surface area (Å²) in [5, 5.41) is 0. The molecule has 1 nitrogen and oxygen atoms in total. The molecule has 0 bridgehead atoms. The molecule has 0 spiro atoms. The number of carbonyl (C=O) groups excluding carboxylic acids is 1. The lowest BCUT2D eigenvalue weighted by Crippen LogP contribution is -2.49. The van der Waals surface area contributed by atoms with Crippen molar-refractivity contribution in [1.82, 2.24) is 0 Å². The van der Waals surface area contributed by atoms with Crippen molar-refractivity contribution in [1.29, 1.82) is 0 Å². The van der Waals surface area contributed by atoms with Gasteiger partial charge in [0.25, 0.3) is 0 Å². The van der Waals surface area contributed by atoms with Gasteiger partial charge in [0, 0.05) is 5.41 Å². The van der Waals surface area contributed by atoms with Crippen LogP contribution in [0.5, 0.6) is 0 Å². The van der Waals surface area contributed by atoms with Crippen LogP contribution in [0.15, 0.2) is 11.6 Å². The molecule has 4 aliphatic rings. The van der Waals surface area contributed by atoms with E-state index < -0.39 is 3.23 Å². The van der Waals surface area contributed by atoms with Crippen LogP contribution in [-0.4, -0.2) is 9.02 Å². The molecule has 0 heterocycles. The second kappa shape index (κ2) is 4.94. The first-order valence-corrected chi connectivity index (χ1v) is 10.5. The van der Waals surface area contributed by atoms with Crippen molar-refractivity contribution in [2.75, 3.05) is 0 Å². The summed E-state index contributed by atoms with van der Waals surface area (Å²) < 4.78 is -0.467. The van der Waals surface area contributed by atoms with Crippen molar-refractivity contribution in [2.24, 2.45) is 28.6 Å². The monoisotopic (exact) mass is 428 g/mol. The van der Waals surface area contributed by atoms with E-state index in [0.717, 1.165) is 18.8 Å². The summed E-state index contributed by atoms with van der Waals surface area (Å²) in [6.45, 7) is 4.77. The summed E-state index contributed by atoms with van der Waals surface area (Å²) in [7, 11) is 0. The summed E-state index contributed by atoms with van der Waals surface area (Å²) >= 11 is 7.37. The van der Waals surface area contributed by atoms with Gasteiger partial charge in [0.2, 0.25) is 0 Å². The Bertz CT molecular complexity index is 552. The van der Waals surface area contributed by atoms with Crippen LogP contribution in [0, 0.1) is 28.6 Å². The van der Waals surface area contributed by atoms with Gasteiger partial charge in [-0.05, 0) is 68.1 Å². The normalized spacial score (nSPS) is 49.9. The van der Waals surface area contributed by atoms with Gasteiger partial charge in [-0.25, -0.2) is 0 Å². The van der Waals surface area contributed by atoms with Crippen molar-refractivity contribution in [2.45, 2.75) is 68.4 Å². The van der Waals surface area contributed by atoms with E-state index >= 15 is 0 Å². The minimum atomic E-state index is -0.467. The molecule has 4 aliphatic carbocycles. The Kier molecular flexibility index (Phi) is 3.56. The van der Waals surface area contributed by atoms with Gasteiger partial charge in [0.15, 0.2) is 5.78 Å². The molecule has 4 rings (SSSR count). The van der Waals surface area contributed by atoms with Crippen LogP contribution < -0.4 is 0 Å². The number of fused-ring (bicyclic) bond motifs is 5. The second-order valence-electron chi connectivity index (χ2n) is 8.66. The third-order valence-electron chi connectivity index (χ3n) is 7.73. The number of allylic oxidation sites excluding steroid dienone is 2. The van der Waals surface area contributed by atoms with Gasteiger partial charge in [-0.3, -0.25) is 4.79 Å². The molecule has 122 valence electrons. The molecule has 0 aliphatic heterocycles. The highest BCUT2D eigenvalue weighted by Crippen LogP contribution is 2.67. The number of ketones is 1. The van der Waals surface area contributed by atoms with Crippen molar-refractivity contribution in [3.8, 4) is 0 Å². The third-order valence-corrected chi connectivity index (χ3v) is 9.10. The predicted molar refractivity (Wildman–Crippen MR) is 97.3 cm³/mol. The zero-order valence-electron chi connectivity index (χ0n) is 13.6. The fourth-order valence-corrected chi connectivity index (χ4v) is 8.07. The standard InChI is InChI=1S/C19H26Br2O/c1-17-9-4-3-5-12(17)6-7-13-14(17)8-10-18(2)15(13)11-19(20,21)16(18)22/h6,13-15H,3-5,7-11H2,1-2H3/t13-,14-,15+,17+,18+/m1/s1. The number of hydrogen-bond acceptors (Lipinski definition) is 1. The molecular formula is C19H26Br2O. The first-order valence-electron chi connectivity index (χ1n) is 8.91. The van der Waals surface area contributed by atoms with E-state index in [1.54, 1.807) is 5.57 Å². The fourth-order valence-electron chi connectivity index (χ4n) is 6.46. The highest BCUT2D eigenvalue weighted by Gasteiger charge is 2.64. The van der Waals surface area contributed by atoms with Crippen molar-refractivity contribution in [3.63, 3.8) is 0 Å². The summed E-state index contributed by atoms with van der Waals surface area (Å²) in [5.74, 6) is 2.43. The molecule has 0 radical (unpaired) electrons. The summed E-state index contributed by atoms with van der Waals surface area (Å²) in [6, 6.07) is 0. The average Bonchev–Trinajstić information content (AvgIpc) is 2.66. The Morgan fingerprint density at radius 2 is 1.86 bits per heavy atom. The van der Waals surface area contributed by atoms with Crippen LogP contribution in [0.3, 0.4) is 0 Å². The molecule has 0 aromatic rings. The SMILES string of the molecule is C[C@]12CCCCC1=CC[C@@H]1[C@H]2CC[C@]2(C)C(=O)C(Br)(Br)C[C@@H]12. The third kappa shape index (κ3) is 1.96. The molecule has 0 aromatic carbocycles. The second-order valence-corrected chi connectivity index (χ2v) is 12.4. The zero-order chi connectivity index (χ0) is 15.8. The van der Waals surface area contributed by atoms with Crippen molar-refractivity contribution >= 4 is 37.6 Å². The van der Waals surface area contributed by atoms with Gasteiger partial charge in [-0.15, -0.1) is 0 Å². The maximum absolute atomic E-state index is 12.9. The fraction of sp³-hybridized carbons (Fsp3) is 0.842. The molecule has 22 heavy (non-hydrogen) atoms. The van der Waals surface area contributed by atoms with E-state index in [0.29, 0.717) is 23.0 Å². The van der Waals surface area contributed by atoms with E-state index in [1.807, 2.05) is 0 Å². The smallest absolute Gasteiger partial charge is 0.166 e. The van der Waals surface area contributed by atoms with Gasteiger partial charge in [0.1, 0.15) is 3.23 Å². The topological polar surface area (TPSA) is 17.1 Å². The quantitative estimate of drug-likeness (QED) is 0.340. The first kappa shape index (κ1) is 15.9. The number of hydrogen-bond donors (Lipinski definition) is 0. The van der Waals surface area contributed by atoms with E-state index in [4.69, 9.17) is 0 Å². The predicted octanol–water partition coefficient (Wildman–Crippen LogP) is 6.00. The molecule has 5 atom stereocenters. The van der Waals surface area contributed by atoms with E-state index in [-0.39, 0.29) is 5.41 Å². The van der Waals surface area contributed by atoms with Gasteiger partial charge < -0.3 is 0 Å². The van der Waals surface area contributed by atoms with Crippen LogP contribution in [0.1, 0.15) is 65.2 Å². The number of halogens is 2. The van der Waals surface area contributed by atoms with E-state index in [1.165, 1.54) is 38.5 Å². The van der Waals surface area contributed by atoms with Gasteiger partial charge in [-0.1, -0.05) is 63.8 Å². The lowest BCUT2D eigenvalue weighted by molar-refractivity contribution is -0.131. The maximum Gasteiger partial charge on any atom is 0.166 e. The van der Waals surface area contributed by atoms with Gasteiger partial charge in [-0.2, -0.15) is 0 Å². The van der Waals surface area contributed by atoms with E-state index in [2.05, 4.69) is 51.8 Å². The number of alkyl halides is 2. The van der Waals surface area contributed by atoms with Crippen LogP contribution in [0.4, 0.5) is 0 Å². The van der Waals surface area contributed by atoms with Crippen LogP contribution in [0.2, 0.25) is 0 Å².